The van der Waals surface area contributed by atoms with E-state index < -0.39 is 0 Å². The summed E-state index contributed by atoms with van der Waals surface area (Å²) in [6.45, 7) is 8.23. The van der Waals surface area contributed by atoms with Crippen LogP contribution >= 0.6 is 0 Å². The van der Waals surface area contributed by atoms with Crippen molar-refractivity contribution in [3.63, 3.8) is 0 Å². The number of nitrogens with zero attached hydrogens (tertiary/aromatic N) is 2. The highest BCUT2D eigenvalue weighted by molar-refractivity contribution is 5.78. The number of amides is 1. The van der Waals surface area contributed by atoms with Crippen LogP contribution in [0.15, 0.2) is 24.3 Å². The number of likely N-dealkylation sites (N-methyl/N-ethyl adjacent to an activating group) is 1. The Morgan fingerprint density at radius 2 is 1.80 bits per heavy atom. The first-order valence-electron chi connectivity index (χ1n) is 7.32. The van der Waals surface area contributed by atoms with Crippen LogP contribution < -0.4 is 5.32 Å². The Balaban J connectivity index is 1.79. The molecule has 1 aromatic carbocycles. The van der Waals surface area contributed by atoms with Gasteiger partial charge in [-0.1, -0.05) is 29.8 Å². The Morgan fingerprint density at radius 1 is 1.20 bits per heavy atom. The molecule has 1 fully saturated rings. The average Bonchev–Trinajstić information content (AvgIpc) is 2.46. The fraction of sp³-hybridized carbons (Fsp3) is 0.562. The van der Waals surface area contributed by atoms with Crippen LogP contribution in [0.5, 0.6) is 0 Å². The maximum Gasteiger partial charge on any atom is 0.236 e. The van der Waals surface area contributed by atoms with E-state index in [1.54, 1.807) is 0 Å². The number of nitrogens with one attached hydrogen (secondary N) is 1. The SMILES string of the molecule is Cc1ccc([C@@H](C)NCC(=O)N2CCN(C)CC2)cc1. The number of piperazine rings is 1. The molecule has 0 bridgehead atoms. The summed E-state index contributed by atoms with van der Waals surface area (Å²) in [7, 11) is 2.10. The van der Waals surface area contributed by atoms with Gasteiger partial charge in [0.2, 0.25) is 5.91 Å². The first-order valence-corrected chi connectivity index (χ1v) is 7.32. The predicted molar refractivity (Wildman–Crippen MR) is 81.7 cm³/mol. The van der Waals surface area contributed by atoms with E-state index in [9.17, 15) is 4.79 Å². The van der Waals surface area contributed by atoms with Crippen molar-refractivity contribution in [1.29, 1.82) is 0 Å². The molecule has 2 rings (SSSR count). The molecule has 1 aliphatic rings. The summed E-state index contributed by atoms with van der Waals surface area (Å²) < 4.78 is 0. The largest absolute Gasteiger partial charge is 0.339 e. The van der Waals surface area contributed by atoms with Gasteiger partial charge < -0.3 is 15.1 Å². The summed E-state index contributed by atoms with van der Waals surface area (Å²) in [4.78, 5) is 16.3. The van der Waals surface area contributed by atoms with E-state index in [2.05, 4.69) is 55.4 Å². The summed E-state index contributed by atoms with van der Waals surface area (Å²) in [5.74, 6) is 0.206. The third kappa shape index (κ3) is 4.05. The van der Waals surface area contributed by atoms with E-state index in [0.717, 1.165) is 26.2 Å². The Labute approximate surface area is 121 Å². The quantitative estimate of drug-likeness (QED) is 0.903. The zero-order chi connectivity index (χ0) is 14.5. The fourth-order valence-corrected chi connectivity index (χ4v) is 2.38. The predicted octanol–water partition coefficient (Wildman–Crippen LogP) is 1.42. The second-order valence-electron chi connectivity index (χ2n) is 5.70. The monoisotopic (exact) mass is 275 g/mol. The third-order valence-electron chi connectivity index (χ3n) is 3.99. The Kier molecular flexibility index (Phi) is 5.15. The topological polar surface area (TPSA) is 35.6 Å². The number of carbonyl (C=O) groups is 1. The molecule has 110 valence electrons. The summed E-state index contributed by atoms with van der Waals surface area (Å²) in [6.07, 6.45) is 0. The number of aryl methyl sites for hydroxylation is 1. The molecule has 4 nitrogen and oxygen atoms in total. The molecule has 0 aromatic heterocycles. The molecule has 1 aliphatic heterocycles. The Morgan fingerprint density at radius 3 is 2.40 bits per heavy atom. The minimum atomic E-state index is 0.201. The Hall–Kier alpha value is -1.39. The van der Waals surface area contributed by atoms with Crippen LogP contribution in [0.25, 0.3) is 0 Å². The summed E-state index contributed by atoms with van der Waals surface area (Å²) in [5, 5.41) is 3.32. The van der Waals surface area contributed by atoms with Crippen molar-refractivity contribution in [2.45, 2.75) is 19.9 Å². The molecule has 0 saturated carbocycles. The maximum absolute atomic E-state index is 12.1. The summed E-state index contributed by atoms with van der Waals surface area (Å²) in [6, 6.07) is 8.65. The van der Waals surface area contributed by atoms with E-state index in [1.807, 2.05) is 4.90 Å². The molecular formula is C16H25N3O. The molecule has 0 unspecified atom stereocenters. The lowest BCUT2D eigenvalue weighted by Crippen LogP contribution is -2.49. The normalized spacial score (nSPS) is 18.1. The zero-order valence-corrected chi connectivity index (χ0v) is 12.7. The van der Waals surface area contributed by atoms with Gasteiger partial charge in [-0.2, -0.15) is 0 Å². The number of hydrogen-bond acceptors (Lipinski definition) is 3. The van der Waals surface area contributed by atoms with Gasteiger partial charge in [-0.15, -0.1) is 0 Å². The lowest BCUT2D eigenvalue weighted by Gasteiger charge is -2.32. The minimum Gasteiger partial charge on any atom is -0.339 e. The maximum atomic E-state index is 12.1. The van der Waals surface area contributed by atoms with Gasteiger partial charge in [-0.3, -0.25) is 4.79 Å². The average molecular weight is 275 g/mol. The number of benzene rings is 1. The molecule has 1 saturated heterocycles. The molecule has 4 heteroatoms. The highest BCUT2D eigenvalue weighted by Gasteiger charge is 2.19. The first kappa shape index (κ1) is 15.0. The second-order valence-corrected chi connectivity index (χ2v) is 5.70. The van der Waals surface area contributed by atoms with Crippen molar-refractivity contribution in [3.8, 4) is 0 Å². The van der Waals surface area contributed by atoms with Crippen LogP contribution in [0.2, 0.25) is 0 Å². The number of carbonyl (C=O) groups excluding carboxylic acids is 1. The van der Waals surface area contributed by atoms with Gasteiger partial charge in [0.25, 0.3) is 0 Å². The molecule has 1 N–H and O–H groups in total. The summed E-state index contributed by atoms with van der Waals surface area (Å²) >= 11 is 0. The molecule has 1 heterocycles. The highest BCUT2D eigenvalue weighted by atomic mass is 16.2. The van der Waals surface area contributed by atoms with Crippen molar-refractivity contribution in [3.05, 3.63) is 35.4 Å². The molecule has 0 aliphatic carbocycles. The first-order chi connectivity index (χ1) is 9.56. The lowest BCUT2D eigenvalue weighted by molar-refractivity contribution is -0.131. The van der Waals surface area contributed by atoms with Crippen LogP contribution in [-0.2, 0) is 4.79 Å². The van der Waals surface area contributed by atoms with Gasteiger partial charge in [0.1, 0.15) is 0 Å². The van der Waals surface area contributed by atoms with Crippen molar-refractivity contribution in [1.82, 2.24) is 15.1 Å². The number of rotatable bonds is 4. The van der Waals surface area contributed by atoms with Crippen molar-refractivity contribution in [2.24, 2.45) is 0 Å². The molecule has 0 spiro atoms. The molecule has 20 heavy (non-hydrogen) atoms. The van der Waals surface area contributed by atoms with Crippen LogP contribution in [0.4, 0.5) is 0 Å². The summed E-state index contributed by atoms with van der Waals surface area (Å²) in [5.41, 5.74) is 2.48. The molecule has 1 atom stereocenters. The fourth-order valence-electron chi connectivity index (χ4n) is 2.38. The van der Waals surface area contributed by atoms with Gasteiger partial charge in [0, 0.05) is 32.2 Å². The van der Waals surface area contributed by atoms with E-state index in [0.29, 0.717) is 6.54 Å². The van der Waals surface area contributed by atoms with Crippen molar-refractivity contribution < 1.29 is 4.79 Å². The third-order valence-corrected chi connectivity index (χ3v) is 3.99. The van der Waals surface area contributed by atoms with Crippen LogP contribution in [0, 0.1) is 6.92 Å². The molecule has 1 amide bonds. The van der Waals surface area contributed by atoms with Gasteiger partial charge in [0.05, 0.1) is 6.54 Å². The van der Waals surface area contributed by atoms with Crippen LogP contribution in [-0.4, -0.2) is 55.5 Å². The van der Waals surface area contributed by atoms with Crippen LogP contribution in [0.3, 0.4) is 0 Å². The van der Waals surface area contributed by atoms with E-state index in [4.69, 9.17) is 0 Å². The van der Waals surface area contributed by atoms with Crippen LogP contribution in [0.1, 0.15) is 24.1 Å². The van der Waals surface area contributed by atoms with Crippen molar-refractivity contribution >= 4 is 5.91 Å². The standard InChI is InChI=1S/C16H25N3O/c1-13-4-6-15(7-5-13)14(2)17-12-16(20)19-10-8-18(3)9-11-19/h4-7,14,17H,8-12H2,1-3H3/t14-/m1/s1. The number of hydrogen-bond donors (Lipinski definition) is 1. The van der Waals surface area contributed by atoms with E-state index in [1.165, 1.54) is 11.1 Å². The van der Waals surface area contributed by atoms with Gasteiger partial charge in [0.15, 0.2) is 0 Å². The Bertz CT molecular complexity index is 436. The van der Waals surface area contributed by atoms with Crippen molar-refractivity contribution in [2.75, 3.05) is 39.8 Å². The van der Waals surface area contributed by atoms with Gasteiger partial charge >= 0.3 is 0 Å². The molecular weight excluding hydrogens is 250 g/mol. The van der Waals surface area contributed by atoms with Gasteiger partial charge in [-0.05, 0) is 26.5 Å². The molecule has 1 aromatic rings. The van der Waals surface area contributed by atoms with Gasteiger partial charge in [-0.25, -0.2) is 0 Å². The van der Waals surface area contributed by atoms with E-state index >= 15 is 0 Å². The smallest absolute Gasteiger partial charge is 0.236 e. The minimum absolute atomic E-state index is 0.201. The second kappa shape index (κ2) is 6.86. The van der Waals surface area contributed by atoms with E-state index in [-0.39, 0.29) is 11.9 Å². The zero-order valence-electron chi connectivity index (χ0n) is 12.7. The molecule has 0 radical (unpaired) electrons. The highest BCUT2D eigenvalue weighted by Crippen LogP contribution is 2.12. The lowest BCUT2D eigenvalue weighted by atomic mass is 10.1.